The van der Waals surface area contributed by atoms with Crippen LogP contribution in [0.4, 0.5) is 5.82 Å². The Morgan fingerprint density at radius 3 is 2.81 bits per heavy atom. The topological polar surface area (TPSA) is 87.4 Å². The van der Waals surface area contributed by atoms with Gasteiger partial charge < -0.3 is 5.73 Å². The molecule has 7 nitrogen and oxygen atoms in total. The fraction of sp³-hybridized carbons (Fsp3) is 0.111. The van der Waals surface area contributed by atoms with Gasteiger partial charge in [0.1, 0.15) is 17.8 Å². The maximum atomic E-state index is 5.73. The normalized spacial score (nSPS) is 11.1. The molecular formula is C9H9N7. The molecule has 0 amide bonds. The Kier molecular flexibility index (Phi) is 1.67. The van der Waals surface area contributed by atoms with Crippen LogP contribution < -0.4 is 5.73 Å². The second kappa shape index (κ2) is 3.02. The summed E-state index contributed by atoms with van der Waals surface area (Å²) in [6, 6.07) is 0. The van der Waals surface area contributed by atoms with E-state index in [1.54, 1.807) is 21.8 Å². The van der Waals surface area contributed by atoms with Gasteiger partial charge in [-0.3, -0.25) is 4.68 Å². The summed E-state index contributed by atoms with van der Waals surface area (Å²) in [5, 5.41) is 9.05. The molecule has 7 heteroatoms. The molecule has 0 saturated carbocycles. The van der Waals surface area contributed by atoms with Gasteiger partial charge in [-0.1, -0.05) is 0 Å². The van der Waals surface area contributed by atoms with Crippen molar-refractivity contribution >= 4 is 16.9 Å². The first-order valence-electron chi connectivity index (χ1n) is 4.69. The quantitative estimate of drug-likeness (QED) is 0.623. The summed E-state index contributed by atoms with van der Waals surface area (Å²) in [6.07, 6.45) is 6.64. The van der Waals surface area contributed by atoms with Gasteiger partial charge in [0.2, 0.25) is 0 Å². The smallest absolute Gasteiger partial charge is 0.168 e. The number of rotatable bonds is 1. The first kappa shape index (κ1) is 8.84. The Balaban J connectivity index is 2.29. The monoisotopic (exact) mass is 215 g/mol. The minimum absolute atomic E-state index is 0.431. The predicted octanol–water partition coefficient (Wildman–Crippen LogP) is 0.131. The molecule has 0 saturated heterocycles. The van der Waals surface area contributed by atoms with E-state index in [0.29, 0.717) is 11.5 Å². The third kappa shape index (κ3) is 1.14. The summed E-state index contributed by atoms with van der Waals surface area (Å²) in [5.74, 6) is 0.431. The SMILES string of the molecule is Cn1cc(-n2ncc3c(N)ncnc32)cn1. The average molecular weight is 215 g/mol. The molecular weight excluding hydrogens is 206 g/mol. The van der Waals surface area contributed by atoms with E-state index in [9.17, 15) is 0 Å². The second-order valence-corrected chi connectivity index (χ2v) is 3.42. The van der Waals surface area contributed by atoms with Crippen molar-refractivity contribution in [3.63, 3.8) is 0 Å². The zero-order chi connectivity index (χ0) is 11.1. The Bertz CT molecular complexity index is 651. The zero-order valence-corrected chi connectivity index (χ0v) is 8.57. The minimum Gasteiger partial charge on any atom is -0.383 e. The van der Waals surface area contributed by atoms with Crippen LogP contribution in [0.15, 0.2) is 24.9 Å². The lowest BCUT2D eigenvalue weighted by atomic mass is 10.4. The zero-order valence-electron chi connectivity index (χ0n) is 8.57. The highest BCUT2D eigenvalue weighted by atomic mass is 15.3. The average Bonchev–Trinajstić information content (AvgIpc) is 2.84. The Morgan fingerprint density at radius 1 is 1.19 bits per heavy atom. The maximum absolute atomic E-state index is 5.73. The highest BCUT2D eigenvalue weighted by Gasteiger charge is 2.09. The molecule has 3 aromatic rings. The summed E-state index contributed by atoms with van der Waals surface area (Å²) >= 11 is 0. The second-order valence-electron chi connectivity index (χ2n) is 3.42. The lowest BCUT2D eigenvalue weighted by Crippen LogP contribution is -1.98. The number of anilines is 1. The molecule has 3 heterocycles. The van der Waals surface area contributed by atoms with Crippen molar-refractivity contribution in [3.05, 3.63) is 24.9 Å². The number of nitrogens with zero attached hydrogens (tertiary/aromatic N) is 6. The molecule has 0 unspecified atom stereocenters. The number of hydrogen-bond donors (Lipinski definition) is 1. The van der Waals surface area contributed by atoms with Crippen molar-refractivity contribution in [2.24, 2.45) is 7.05 Å². The largest absolute Gasteiger partial charge is 0.383 e. The van der Waals surface area contributed by atoms with E-state index in [0.717, 1.165) is 11.1 Å². The summed E-state index contributed by atoms with van der Waals surface area (Å²) < 4.78 is 3.38. The van der Waals surface area contributed by atoms with E-state index in [1.165, 1.54) is 6.33 Å². The molecule has 0 spiro atoms. The van der Waals surface area contributed by atoms with Crippen LogP contribution >= 0.6 is 0 Å². The van der Waals surface area contributed by atoms with E-state index < -0.39 is 0 Å². The number of fused-ring (bicyclic) bond motifs is 1. The summed E-state index contributed by atoms with van der Waals surface area (Å²) in [6.45, 7) is 0. The molecule has 0 aromatic carbocycles. The minimum atomic E-state index is 0.431. The summed E-state index contributed by atoms with van der Waals surface area (Å²) in [7, 11) is 1.85. The van der Waals surface area contributed by atoms with Gasteiger partial charge in [-0.05, 0) is 0 Å². The van der Waals surface area contributed by atoms with Gasteiger partial charge in [0.25, 0.3) is 0 Å². The van der Waals surface area contributed by atoms with E-state index in [1.807, 2.05) is 13.2 Å². The Morgan fingerprint density at radius 2 is 2.06 bits per heavy atom. The van der Waals surface area contributed by atoms with E-state index >= 15 is 0 Å². The lowest BCUT2D eigenvalue weighted by molar-refractivity contribution is 0.766. The molecule has 3 aromatic heterocycles. The molecule has 0 atom stereocenters. The molecule has 2 N–H and O–H groups in total. The third-order valence-corrected chi connectivity index (χ3v) is 2.33. The molecule has 0 bridgehead atoms. The van der Waals surface area contributed by atoms with Crippen molar-refractivity contribution in [1.29, 1.82) is 0 Å². The highest BCUT2D eigenvalue weighted by Crippen LogP contribution is 2.18. The fourth-order valence-corrected chi connectivity index (χ4v) is 1.57. The van der Waals surface area contributed by atoms with E-state index in [2.05, 4.69) is 20.2 Å². The van der Waals surface area contributed by atoms with Crippen LogP contribution in [0.2, 0.25) is 0 Å². The predicted molar refractivity (Wildman–Crippen MR) is 57.8 cm³/mol. The number of hydrogen-bond acceptors (Lipinski definition) is 5. The molecule has 0 fully saturated rings. The Hall–Kier alpha value is -2.44. The van der Waals surface area contributed by atoms with Gasteiger partial charge in [-0.25, -0.2) is 14.6 Å². The number of aromatic nitrogens is 6. The van der Waals surface area contributed by atoms with Crippen molar-refractivity contribution in [2.75, 3.05) is 5.73 Å². The molecule has 80 valence electrons. The van der Waals surface area contributed by atoms with Crippen LogP contribution in [0.5, 0.6) is 0 Å². The van der Waals surface area contributed by atoms with E-state index in [-0.39, 0.29) is 0 Å². The highest BCUT2D eigenvalue weighted by molar-refractivity contribution is 5.85. The van der Waals surface area contributed by atoms with Gasteiger partial charge in [0.15, 0.2) is 5.65 Å². The van der Waals surface area contributed by atoms with Gasteiger partial charge >= 0.3 is 0 Å². The van der Waals surface area contributed by atoms with Crippen LogP contribution in [-0.2, 0) is 7.05 Å². The molecule has 0 aliphatic rings. The van der Waals surface area contributed by atoms with E-state index in [4.69, 9.17) is 5.73 Å². The maximum Gasteiger partial charge on any atom is 0.168 e. The van der Waals surface area contributed by atoms with Gasteiger partial charge in [0.05, 0.1) is 24.0 Å². The molecule has 16 heavy (non-hydrogen) atoms. The first-order chi connectivity index (χ1) is 7.75. The van der Waals surface area contributed by atoms with Crippen LogP contribution in [0, 0.1) is 0 Å². The summed E-state index contributed by atoms with van der Waals surface area (Å²) in [5.41, 5.74) is 7.25. The summed E-state index contributed by atoms with van der Waals surface area (Å²) in [4.78, 5) is 8.07. The van der Waals surface area contributed by atoms with Gasteiger partial charge in [-0.15, -0.1) is 0 Å². The van der Waals surface area contributed by atoms with Crippen molar-refractivity contribution in [3.8, 4) is 5.69 Å². The number of aryl methyl sites for hydroxylation is 1. The van der Waals surface area contributed by atoms with Crippen molar-refractivity contribution < 1.29 is 0 Å². The van der Waals surface area contributed by atoms with Crippen LogP contribution in [0.25, 0.3) is 16.7 Å². The first-order valence-corrected chi connectivity index (χ1v) is 4.69. The Labute approximate surface area is 90.5 Å². The lowest BCUT2D eigenvalue weighted by Gasteiger charge is -1.98. The van der Waals surface area contributed by atoms with Crippen LogP contribution in [0.1, 0.15) is 0 Å². The van der Waals surface area contributed by atoms with Gasteiger partial charge in [0, 0.05) is 7.05 Å². The van der Waals surface area contributed by atoms with Crippen molar-refractivity contribution in [2.45, 2.75) is 0 Å². The number of nitrogen functional groups attached to an aromatic ring is 1. The molecule has 0 radical (unpaired) electrons. The van der Waals surface area contributed by atoms with Crippen molar-refractivity contribution in [1.82, 2.24) is 29.5 Å². The standard InChI is InChI=1S/C9H9N7/c1-15-4-6(2-13-15)16-9-7(3-14-16)8(10)11-5-12-9/h2-5H,1H3,(H2,10,11,12). The number of nitrogens with two attached hydrogens (primary N) is 1. The molecule has 0 aliphatic heterocycles. The molecule has 0 aliphatic carbocycles. The van der Waals surface area contributed by atoms with Crippen LogP contribution in [0.3, 0.4) is 0 Å². The van der Waals surface area contributed by atoms with Gasteiger partial charge in [-0.2, -0.15) is 10.2 Å². The van der Waals surface area contributed by atoms with Crippen LogP contribution in [-0.4, -0.2) is 29.5 Å². The third-order valence-electron chi connectivity index (χ3n) is 2.33. The molecule has 3 rings (SSSR count). The fourth-order valence-electron chi connectivity index (χ4n) is 1.57.